The van der Waals surface area contributed by atoms with E-state index in [0.717, 1.165) is 95.3 Å². The number of fused-ring (bicyclic) bond motifs is 4. The highest BCUT2D eigenvalue weighted by atomic mass is 19.3. The Morgan fingerprint density at radius 1 is 1.03 bits per heavy atom. The van der Waals surface area contributed by atoms with Crippen molar-refractivity contribution in [2.75, 3.05) is 43.0 Å². The van der Waals surface area contributed by atoms with Crippen molar-refractivity contribution in [2.45, 2.75) is 114 Å². The number of imide groups is 1. The Kier molecular flexibility index (Phi) is 9.77. The molecule has 2 saturated carbocycles. The Balaban J connectivity index is 0.656. The topological polar surface area (TPSA) is 169 Å². The molecule has 326 valence electrons. The van der Waals surface area contributed by atoms with E-state index in [1.807, 2.05) is 18.2 Å². The van der Waals surface area contributed by atoms with Crippen molar-refractivity contribution >= 4 is 40.8 Å². The highest BCUT2D eigenvalue weighted by Crippen LogP contribution is 2.51. The molecule has 62 heavy (non-hydrogen) atoms. The minimum absolute atomic E-state index is 0.00159. The van der Waals surface area contributed by atoms with E-state index in [4.69, 9.17) is 14.5 Å². The zero-order chi connectivity index (χ0) is 42.3. The first-order chi connectivity index (χ1) is 30.1. The van der Waals surface area contributed by atoms with E-state index in [1.54, 1.807) is 28.0 Å². The maximum absolute atomic E-state index is 14.3. The third-order valence-electron chi connectivity index (χ3n) is 14.8. The highest BCUT2D eigenvalue weighted by Gasteiger charge is 2.48. The Bertz CT molecular complexity index is 2430. The molecule has 6 fully saturated rings. The van der Waals surface area contributed by atoms with Crippen LogP contribution in [-0.2, 0) is 20.9 Å². The van der Waals surface area contributed by atoms with Gasteiger partial charge in [0.15, 0.2) is 11.3 Å². The van der Waals surface area contributed by atoms with Crippen molar-refractivity contribution in [3.63, 3.8) is 0 Å². The number of alkyl halides is 2. The minimum atomic E-state index is -2.85. The Labute approximate surface area is 356 Å². The number of hydrogen-bond donors (Lipinski definition) is 2. The smallest absolute Gasteiger partial charge is 0.284 e. The molecule has 7 aliphatic rings. The number of likely N-dealkylation sites (tertiary alicyclic amines) is 1. The quantitative estimate of drug-likeness (QED) is 0.208. The summed E-state index contributed by atoms with van der Waals surface area (Å²) in [5, 5.41) is 13.7. The van der Waals surface area contributed by atoms with Crippen LogP contribution in [0.25, 0.3) is 5.65 Å². The molecule has 18 heteroatoms. The number of hydrogen-bond acceptors (Lipinski definition) is 11. The number of halogens is 2. The van der Waals surface area contributed by atoms with Crippen molar-refractivity contribution in [1.82, 2.24) is 39.5 Å². The number of carbonyl (C=O) groups excluding carboxylic acids is 4. The molecule has 2 aliphatic carbocycles. The number of amides is 4. The molecule has 5 aliphatic heterocycles. The summed E-state index contributed by atoms with van der Waals surface area (Å²) in [6.45, 7) is 4.75. The van der Waals surface area contributed by atoms with E-state index in [1.165, 1.54) is 10.7 Å². The van der Waals surface area contributed by atoms with Gasteiger partial charge < -0.3 is 29.5 Å². The Hall–Kier alpha value is -5.49. The number of carbonyl (C=O) groups is 4. The van der Waals surface area contributed by atoms with Crippen LogP contribution in [0.5, 0.6) is 5.75 Å². The van der Waals surface area contributed by atoms with Crippen molar-refractivity contribution in [3.8, 4) is 5.75 Å². The van der Waals surface area contributed by atoms with E-state index in [0.29, 0.717) is 42.5 Å². The summed E-state index contributed by atoms with van der Waals surface area (Å²) in [5.74, 6) is 0.468. The molecule has 4 saturated heterocycles. The molecule has 3 atom stereocenters. The summed E-state index contributed by atoms with van der Waals surface area (Å²) in [5.41, 5.74) is 1.75. The van der Waals surface area contributed by atoms with E-state index in [2.05, 4.69) is 30.6 Å². The van der Waals surface area contributed by atoms with Gasteiger partial charge in [-0.15, -0.1) is 0 Å². The van der Waals surface area contributed by atoms with Gasteiger partial charge in [0.05, 0.1) is 49.3 Å². The lowest BCUT2D eigenvalue weighted by atomic mass is 9.61. The summed E-state index contributed by atoms with van der Waals surface area (Å²) < 4.78 is 44.0. The van der Waals surface area contributed by atoms with Crippen LogP contribution in [0.15, 0.2) is 42.9 Å². The molecule has 4 amide bonds. The second kappa shape index (κ2) is 15.4. The molecular weight excluding hydrogens is 803 g/mol. The highest BCUT2D eigenvalue weighted by molar-refractivity contribution is 6.08. The largest absolute Gasteiger partial charge is 0.490 e. The van der Waals surface area contributed by atoms with Gasteiger partial charge in [-0.05, 0) is 107 Å². The molecule has 2 N–H and O–H groups in total. The van der Waals surface area contributed by atoms with Crippen molar-refractivity contribution < 1.29 is 37.4 Å². The normalized spacial score (nSPS) is 27.3. The van der Waals surface area contributed by atoms with Gasteiger partial charge in [0.1, 0.15) is 23.2 Å². The van der Waals surface area contributed by atoms with Gasteiger partial charge in [0.25, 0.3) is 18.2 Å². The van der Waals surface area contributed by atoms with Gasteiger partial charge in [-0.3, -0.25) is 29.2 Å². The third kappa shape index (κ3) is 7.08. The van der Waals surface area contributed by atoms with Crippen LogP contribution in [0.2, 0.25) is 0 Å². The van der Waals surface area contributed by atoms with Gasteiger partial charge in [0.2, 0.25) is 11.8 Å². The van der Waals surface area contributed by atoms with Crippen molar-refractivity contribution in [1.29, 1.82) is 0 Å². The van der Waals surface area contributed by atoms with Crippen LogP contribution in [0.1, 0.15) is 115 Å². The standard InChI is InChI=1S/C44H50F2N10O6/c45-39(46)38-33(48-41(58)31-19-47-55-13-10-36(49-40(31)55)53-21-28-16-27(53)24-61-28)23-56(51-38)26-6-4-25(5-7-26)20-52-14-11-44(12-15-52)17-29(18-44)62-35-3-1-2-30-32(35)22-54(43(30)60)34-8-9-37(57)50-42(34)59/h1-3,10,13,19,23,25-29,34,39H,4-9,11-12,14-18,20-22,24H2,(H,48,58)(H,50,57,59)/t25?,26?,27-,28-,34?/m1/s1. The van der Waals surface area contributed by atoms with E-state index in [9.17, 15) is 28.0 Å². The van der Waals surface area contributed by atoms with Crippen molar-refractivity contribution in [3.05, 3.63) is 65.2 Å². The maximum atomic E-state index is 14.3. The molecule has 8 heterocycles. The second-order valence-electron chi connectivity index (χ2n) is 18.6. The fourth-order valence-electron chi connectivity index (χ4n) is 11.3. The Morgan fingerprint density at radius 2 is 1.85 bits per heavy atom. The fourth-order valence-corrected chi connectivity index (χ4v) is 11.3. The summed E-state index contributed by atoms with van der Waals surface area (Å²) in [6.07, 6.45) is 11.4. The Morgan fingerprint density at radius 3 is 2.60 bits per heavy atom. The first kappa shape index (κ1) is 39.4. The van der Waals surface area contributed by atoms with Gasteiger partial charge >= 0.3 is 0 Å². The van der Waals surface area contributed by atoms with Crippen LogP contribution < -0.4 is 20.3 Å². The molecule has 3 aromatic heterocycles. The van der Waals surface area contributed by atoms with Crippen molar-refractivity contribution in [2.24, 2.45) is 11.3 Å². The van der Waals surface area contributed by atoms with E-state index < -0.39 is 30.0 Å². The first-order valence-electron chi connectivity index (χ1n) is 22.1. The molecule has 1 unspecified atom stereocenters. The first-order valence-corrected chi connectivity index (χ1v) is 22.1. The molecule has 0 radical (unpaired) electrons. The molecule has 2 bridgehead atoms. The molecule has 11 rings (SSSR count). The zero-order valence-electron chi connectivity index (χ0n) is 34.4. The fraction of sp³-hybridized carbons (Fsp3) is 0.568. The number of nitrogens with zero attached hydrogens (tertiary/aromatic N) is 8. The summed E-state index contributed by atoms with van der Waals surface area (Å²) in [7, 11) is 0. The lowest BCUT2D eigenvalue weighted by Gasteiger charge is -2.52. The van der Waals surface area contributed by atoms with E-state index in [-0.39, 0.29) is 59.2 Å². The van der Waals surface area contributed by atoms with Crippen LogP contribution in [0, 0.1) is 11.3 Å². The van der Waals surface area contributed by atoms with Crippen LogP contribution in [-0.4, -0.2) is 115 Å². The van der Waals surface area contributed by atoms with Crippen LogP contribution in [0.3, 0.4) is 0 Å². The summed E-state index contributed by atoms with van der Waals surface area (Å²) >= 11 is 0. The number of aromatic nitrogens is 5. The number of benzene rings is 1. The van der Waals surface area contributed by atoms with Crippen LogP contribution in [0.4, 0.5) is 20.3 Å². The number of nitrogens with one attached hydrogen (secondary N) is 2. The van der Waals surface area contributed by atoms with Gasteiger partial charge in [-0.2, -0.15) is 10.2 Å². The summed E-state index contributed by atoms with van der Waals surface area (Å²) in [4.78, 5) is 62.1. The minimum Gasteiger partial charge on any atom is -0.490 e. The average Bonchev–Trinajstić information content (AvgIpc) is 4.11. The van der Waals surface area contributed by atoms with Gasteiger partial charge in [-0.25, -0.2) is 18.3 Å². The SMILES string of the molecule is O=C1CCC(N2Cc3c(OC4CC5(CCN(CC6CCC(n7cc(NC(=O)c8cnn9ccc(N%10C[C@H]%11C[C@@H]%10CO%11)nc89)c(C(F)F)n7)CC6)CC5)C4)cccc3C2=O)C(=O)N1. The number of rotatable bonds is 10. The molecule has 4 aromatic rings. The van der Waals surface area contributed by atoms with Gasteiger partial charge in [-0.1, -0.05) is 6.07 Å². The predicted molar refractivity (Wildman–Crippen MR) is 219 cm³/mol. The number of anilines is 2. The predicted octanol–water partition coefficient (Wildman–Crippen LogP) is 4.91. The third-order valence-corrected chi connectivity index (χ3v) is 14.8. The maximum Gasteiger partial charge on any atom is 0.284 e. The number of ether oxygens (including phenoxy) is 2. The number of piperidine rings is 2. The molecule has 1 spiro atoms. The van der Waals surface area contributed by atoms with E-state index >= 15 is 0 Å². The second-order valence-corrected chi connectivity index (χ2v) is 18.6. The lowest BCUT2D eigenvalue weighted by Crippen LogP contribution is -2.52. The average molecular weight is 853 g/mol. The molecular formula is C44H50F2N10O6. The van der Waals surface area contributed by atoms with Gasteiger partial charge in [0, 0.05) is 43.0 Å². The zero-order valence-corrected chi connectivity index (χ0v) is 34.4. The van der Waals surface area contributed by atoms with Crippen LogP contribution >= 0.6 is 0 Å². The molecule has 16 nitrogen and oxygen atoms in total. The lowest BCUT2D eigenvalue weighted by molar-refractivity contribution is -0.136. The number of morpholine rings is 1. The molecule has 1 aromatic carbocycles. The monoisotopic (exact) mass is 852 g/mol. The summed E-state index contributed by atoms with van der Waals surface area (Å²) in [6, 6.07) is 6.95.